The van der Waals surface area contributed by atoms with Gasteiger partial charge >= 0.3 is 6.18 Å². The van der Waals surface area contributed by atoms with E-state index >= 15 is 4.39 Å². The highest BCUT2D eigenvalue weighted by molar-refractivity contribution is 5.97. The van der Waals surface area contributed by atoms with Crippen LogP contribution in [0.3, 0.4) is 0 Å². The maximum absolute atomic E-state index is 15.3. The third kappa shape index (κ3) is 5.42. The smallest absolute Gasteiger partial charge is 0.394 e. The zero-order valence-electron chi connectivity index (χ0n) is 20.5. The van der Waals surface area contributed by atoms with Crippen LogP contribution in [-0.2, 0) is 0 Å². The number of nitrogens with zero attached hydrogens (tertiary/aromatic N) is 3. The summed E-state index contributed by atoms with van der Waals surface area (Å²) in [4.78, 5) is 31.5. The van der Waals surface area contributed by atoms with Crippen molar-refractivity contribution in [2.45, 2.75) is 50.9 Å². The van der Waals surface area contributed by atoms with Crippen LogP contribution in [0.15, 0.2) is 29.2 Å². The molecule has 0 spiro atoms. The van der Waals surface area contributed by atoms with Gasteiger partial charge in [-0.2, -0.15) is 13.2 Å². The van der Waals surface area contributed by atoms with Gasteiger partial charge in [0.15, 0.2) is 28.9 Å². The van der Waals surface area contributed by atoms with Gasteiger partial charge in [0.05, 0.1) is 18.0 Å². The first-order chi connectivity index (χ1) is 18.4. The molecule has 1 aliphatic heterocycles. The Kier molecular flexibility index (Phi) is 7.87. The van der Waals surface area contributed by atoms with Gasteiger partial charge in [0.25, 0.3) is 5.91 Å². The van der Waals surface area contributed by atoms with Gasteiger partial charge in [0.2, 0.25) is 5.43 Å². The third-order valence-corrected chi connectivity index (χ3v) is 6.60. The molecule has 4 rings (SSSR count). The predicted molar refractivity (Wildman–Crippen MR) is 127 cm³/mol. The van der Waals surface area contributed by atoms with E-state index in [2.05, 4.69) is 4.98 Å². The van der Waals surface area contributed by atoms with Gasteiger partial charge in [0, 0.05) is 24.9 Å². The molecule has 1 aliphatic rings. The fraction of sp³-hybridized carbons (Fsp3) is 0.400. The minimum absolute atomic E-state index is 0.264. The first kappa shape index (κ1) is 28.3. The standard InChI is InChI=1S/C25H23F7N4O3/c1-2-19(25(30,31)32)33-24(39)15-10-36(20-16(27)7-12(26)8-17(20)28)22-14(21(15)38)9-18(29)23(34-22)35-6-4-3-5-13(35)11-37/h7-10,13,19,37H,2-6,11H2,1H3,(H,33,39)/t13-,19?/m0/s1. The number of halogens is 7. The lowest BCUT2D eigenvalue weighted by atomic mass is 10.0. The molecule has 2 atom stereocenters. The van der Waals surface area contributed by atoms with Crippen LogP contribution in [0.5, 0.6) is 0 Å². The fourth-order valence-electron chi connectivity index (χ4n) is 4.63. The maximum Gasteiger partial charge on any atom is 0.408 e. The summed E-state index contributed by atoms with van der Waals surface area (Å²) in [6.07, 6.45) is -3.03. The molecule has 1 amide bonds. The number of amides is 1. The predicted octanol–water partition coefficient (Wildman–Crippen LogP) is 4.36. The number of fused-ring (bicyclic) bond motifs is 1. The SMILES string of the molecule is CCC(NC(=O)c1cn(-c2c(F)cc(F)cc2F)c2nc(N3CCCC[C@H]3CO)c(F)cc2c1=O)C(F)(F)F. The number of nitrogens with one attached hydrogen (secondary N) is 1. The molecule has 0 bridgehead atoms. The van der Waals surface area contributed by atoms with Crippen LogP contribution in [0.4, 0.5) is 36.6 Å². The van der Waals surface area contributed by atoms with E-state index in [1.165, 1.54) is 4.90 Å². The summed E-state index contributed by atoms with van der Waals surface area (Å²) in [5, 5.41) is 10.7. The second-order valence-corrected chi connectivity index (χ2v) is 9.13. The highest BCUT2D eigenvalue weighted by atomic mass is 19.4. The molecule has 7 nitrogen and oxygen atoms in total. The Hall–Kier alpha value is -3.68. The van der Waals surface area contributed by atoms with Gasteiger partial charge in [0.1, 0.15) is 23.1 Å². The third-order valence-electron chi connectivity index (χ3n) is 6.60. The van der Waals surface area contributed by atoms with Crippen molar-refractivity contribution in [3.63, 3.8) is 0 Å². The molecular formula is C25H23F7N4O3. The second kappa shape index (κ2) is 10.8. The van der Waals surface area contributed by atoms with Gasteiger partial charge in [-0.05, 0) is 31.7 Å². The highest BCUT2D eigenvalue weighted by Gasteiger charge is 2.40. The van der Waals surface area contributed by atoms with E-state index in [1.807, 2.05) is 0 Å². The molecule has 1 saturated heterocycles. The molecule has 3 heterocycles. The Morgan fingerprint density at radius 1 is 1.13 bits per heavy atom. The average Bonchev–Trinajstić information content (AvgIpc) is 2.87. The van der Waals surface area contributed by atoms with E-state index in [4.69, 9.17) is 0 Å². The van der Waals surface area contributed by atoms with Crippen molar-refractivity contribution in [3.05, 3.63) is 63.5 Å². The van der Waals surface area contributed by atoms with E-state index in [1.54, 1.807) is 5.32 Å². The Morgan fingerprint density at radius 2 is 1.79 bits per heavy atom. The van der Waals surface area contributed by atoms with Crippen molar-refractivity contribution in [2.75, 3.05) is 18.1 Å². The van der Waals surface area contributed by atoms with Crippen LogP contribution in [-0.4, -0.2) is 52.0 Å². The summed E-state index contributed by atoms with van der Waals surface area (Å²) in [5.41, 5.74) is -3.76. The zero-order valence-corrected chi connectivity index (χ0v) is 20.5. The number of benzene rings is 1. The van der Waals surface area contributed by atoms with Crippen molar-refractivity contribution < 1.29 is 40.6 Å². The number of hydrogen-bond donors (Lipinski definition) is 2. The first-order valence-corrected chi connectivity index (χ1v) is 12.0. The molecule has 0 saturated carbocycles. The molecule has 1 unspecified atom stereocenters. The molecule has 1 fully saturated rings. The number of piperidine rings is 1. The van der Waals surface area contributed by atoms with Gasteiger partial charge in [-0.3, -0.25) is 14.2 Å². The van der Waals surface area contributed by atoms with Crippen LogP contribution in [0.25, 0.3) is 16.7 Å². The van der Waals surface area contributed by atoms with Crippen LogP contribution in [0.2, 0.25) is 0 Å². The minimum atomic E-state index is -4.87. The monoisotopic (exact) mass is 560 g/mol. The van der Waals surface area contributed by atoms with Gasteiger partial charge in [-0.1, -0.05) is 6.92 Å². The summed E-state index contributed by atoms with van der Waals surface area (Å²) in [6.45, 7) is 1.05. The average molecular weight is 560 g/mol. The van der Waals surface area contributed by atoms with Crippen LogP contribution < -0.4 is 15.6 Å². The molecule has 14 heteroatoms. The number of aliphatic hydroxyl groups is 1. The van der Waals surface area contributed by atoms with Gasteiger partial charge in [-0.15, -0.1) is 0 Å². The summed E-state index contributed by atoms with van der Waals surface area (Å²) >= 11 is 0. The number of alkyl halides is 3. The number of carbonyl (C=O) groups is 1. The lowest BCUT2D eigenvalue weighted by molar-refractivity contribution is -0.153. The molecular weight excluding hydrogens is 537 g/mol. The Balaban J connectivity index is 2.00. The molecule has 3 aromatic rings. The summed E-state index contributed by atoms with van der Waals surface area (Å²) in [6, 6.07) is -1.60. The van der Waals surface area contributed by atoms with Crippen molar-refractivity contribution in [3.8, 4) is 5.69 Å². The molecule has 0 radical (unpaired) electrons. The molecule has 1 aromatic carbocycles. The summed E-state index contributed by atoms with van der Waals surface area (Å²) in [7, 11) is 0. The second-order valence-electron chi connectivity index (χ2n) is 9.13. The van der Waals surface area contributed by atoms with Crippen molar-refractivity contribution in [2.24, 2.45) is 0 Å². The molecule has 39 heavy (non-hydrogen) atoms. The van der Waals surface area contributed by atoms with E-state index in [0.717, 1.165) is 13.3 Å². The fourth-order valence-corrected chi connectivity index (χ4v) is 4.63. The molecule has 2 aromatic heterocycles. The summed E-state index contributed by atoms with van der Waals surface area (Å²) < 4.78 is 99.0. The lowest BCUT2D eigenvalue weighted by Crippen LogP contribution is -2.46. The van der Waals surface area contributed by atoms with Crippen molar-refractivity contribution >= 4 is 22.8 Å². The topological polar surface area (TPSA) is 87.5 Å². The van der Waals surface area contributed by atoms with E-state index < -0.39 is 81.6 Å². The van der Waals surface area contributed by atoms with Crippen molar-refractivity contribution in [1.29, 1.82) is 0 Å². The Labute approximate surface area is 216 Å². The number of hydrogen-bond acceptors (Lipinski definition) is 5. The van der Waals surface area contributed by atoms with E-state index in [-0.39, 0.29) is 19.0 Å². The molecule has 2 N–H and O–H groups in total. The van der Waals surface area contributed by atoms with Crippen LogP contribution >= 0.6 is 0 Å². The van der Waals surface area contributed by atoms with E-state index in [9.17, 15) is 41.0 Å². The number of aliphatic hydroxyl groups excluding tert-OH is 1. The number of anilines is 1. The Bertz CT molecular complexity index is 1450. The first-order valence-electron chi connectivity index (χ1n) is 12.0. The van der Waals surface area contributed by atoms with E-state index in [0.29, 0.717) is 41.8 Å². The number of carbonyl (C=O) groups excluding carboxylic acids is 1. The van der Waals surface area contributed by atoms with Gasteiger partial charge < -0.3 is 15.3 Å². The largest absolute Gasteiger partial charge is 0.408 e. The Morgan fingerprint density at radius 3 is 2.38 bits per heavy atom. The van der Waals surface area contributed by atoms with Crippen LogP contribution in [0.1, 0.15) is 43.0 Å². The van der Waals surface area contributed by atoms with Gasteiger partial charge in [-0.25, -0.2) is 22.5 Å². The highest BCUT2D eigenvalue weighted by Crippen LogP contribution is 2.30. The quantitative estimate of drug-likeness (QED) is 0.438. The number of rotatable bonds is 6. The summed E-state index contributed by atoms with van der Waals surface area (Å²) in [5.74, 6) is -7.19. The number of pyridine rings is 2. The molecule has 210 valence electrons. The van der Waals surface area contributed by atoms with Crippen LogP contribution in [0, 0.1) is 23.3 Å². The van der Waals surface area contributed by atoms with Crippen molar-refractivity contribution in [1.82, 2.24) is 14.9 Å². The zero-order chi connectivity index (χ0) is 28.6. The number of aromatic nitrogens is 2. The normalized spacial score (nSPS) is 16.9. The molecule has 0 aliphatic carbocycles. The maximum atomic E-state index is 15.3. The minimum Gasteiger partial charge on any atom is -0.394 e. The lowest BCUT2D eigenvalue weighted by Gasteiger charge is -2.35.